The first-order valence-electron chi connectivity index (χ1n) is 11.0. The van der Waals surface area contributed by atoms with Gasteiger partial charge >= 0.3 is 12.1 Å². The van der Waals surface area contributed by atoms with E-state index in [2.05, 4.69) is 29.6 Å². The fourth-order valence-electron chi connectivity index (χ4n) is 5.14. The van der Waals surface area contributed by atoms with E-state index in [-0.39, 0.29) is 18.6 Å². The standard InChI is InChI=1S/C27H25NO5/c1-32-19-8-6-7-17(13-19)27(25(29)30)14-18(15-27)28-26(31)33-16-24-22-11-4-2-9-20(22)21-10-3-5-12-23(21)24/h2-13,18,24H,14-16H2,1H3,(H,28,31)(H,29,30). The third kappa shape index (κ3) is 3.61. The fourth-order valence-corrected chi connectivity index (χ4v) is 5.14. The number of hydrogen-bond acceptors (Lipinski definition) is 4. The van der Waals surface area contributed by atoms with E-state index in [0.29, 0.717) is 24.2 Å². The maximum Gasteiger partial charge on any atom is 0.407 e. The zero-order valence-corrected chi connectivity index (χ0v) is 18.3. The molecule has 3 aromatic rings. The molecule has 0 heterocycles. The van der Waals surface area contributed by atoms with E-state index in [4.69, 9.17) is 9.47 Å². The van der Waals surface area contributed by atoms with E-state index in [1.54, 1.807) is 31.4 Å². The summed E-state index contributed by atoms with van der Waals surface area (Å²) in [6.45, 7) is 0.229. The first kappa shape index (κ1) is 21.1. The van der Waals surface area contributed by atoms with Gasteiger partial charge in [-0.1, -0.05) is 60.7 Å². The molecule has 0 aromatic heterocycles. The number of benzene rings is 3. The minimum atomic E-state index is -1.03. The SMILES string of the molecule is COc1cccc(C2(C(=O)O)CC(NC(=O)OCC3c4ccccc4-c4ccccc43)C2)c1. The number of carbonyl (C=O) groups excluding carboxylic acids is 1. The molecule has 2 N–H and O–H groups in total. The van der Waals surface area contributed by atoms with Crippen LogP contribution in [0.1, 0.15) is 35.4 Å². The van der Waals surface area contributed by atoms with Crippen molar-refractivity contribution in [3.05, 3.63) is 89.5 Å². The highest BCUT2D eigenvalue weighted by Crippen LogP contribution is 2.46. The van der Waals surface area contributed by atoms with Gasteiger partial charge in [-0.05, 0) is 52.8 Å². The molecule has 0 atom stereocenters. The van der Waals surface area contributed by atoms with Crippen LogP contribution in [0.4, 0.5) is 4.79 Å². The number of hydrogen-bond donors (Lipinski definition) is 2. The molecule has 33 heavy (non-hydrogen) atoms. The van der Waals surface area contributed by atoms with Crippen molar-refractivity contribution in [2.45, 2.75) is 30.2 Å². The van der Waals surface area contributed by atoms with Crippen LogP contribution in [-0.2, 0) is 14.9 Å². The Bertz CT molecular complexity index is 1170. The smallest absolute Gasteiger partial charge is 0.407 e. The Morgan fingerprint density at radius 3 is 2.21 bits per heavy atom. The maximum atomic E-state index is 12.5. The van der Waals surface area contributed by atoms with Crippen LogP contribution in [0, 0.1) is 0 Å². The average molecular weight is 443 g/mol. The first-order valence-corrected chi connectivity index (χ1v) is 11.0. The molecule has 0 saturated heterocycles. The van der Waals surface area contributed by atoms with E-state index >= 15 is 0 Å². The Morgan fingerprint density at radius 1 is 0.970 bits per heavy atom. The van der Waals surface area contributed by atoms with E-state index in [1.165, 1.54) is 11.1 Å². The molecular weight excluding hydrogens is 418 g/mol. The van der Waals surface area contributed by atoms with E-state index in [9.17, 15) is 14.7 Å². The van der Waals surface area contributed by atoms with Crippen LogP contribution in [0.2, 0.25) is 0 Å². The van der Waals surface area contributed by atoms with Crippen molar-refractivity contribution in [3.8, 4) is 16.9 Å². The number of carboxylic acids is 1. The summed E-state index contributed by atoms with van der Waals surface area (Å²) in [6.07, 6.45) is 0.0887. The highest BCUT2D eigenvalue weighted by Gasteiger charge is 2.52. The van der Waals surface area contributed by atoms with Crippen LogP contribution < -0.4 is 10.1 Å². The molecule has 2 aliphatic carbocycles. The fraction of sp³-hybridized carbons (Fsp3) is 0.259. The molecule has 0 bridgehead atoms. The number of rotatable bonds is 6. The molecule has 1 fully saturated rings. The number of carbonyl (C=O) groups is 2. The third-order valence-corrected chi connectivity index (χ3v) is 6.89. The van der Waals surface area contributed by atoms with Gasteiger partial charge in [-0.2, -0.15) is 0 Å². The van der Waals surface area contributed by atoms with Gasteiger partial charge in [0.15, 0.2) is 0 Å². The van der Waals surface area contributed by atoms with Gasteiger partial charge in [-0.25, -0.2) is 4.79 Å². The van der Waals surface area contributed by atoms with E-state index < -0.39 is 17.5 Å². The van der Waals surface area contributed by atoms with E-state index in [1.807, 2.05) is 24.3 Å². The number of fused-ring (bicyclic) bond motifs is 3. The second-order valence-corrected chi connectivity index (χ2v) is 8.69. The Kier molecular flexibility index (Phi) is 5.29. The molecule has 168 valence electrons. The molecule has 0 unspecified atom stereocenters. The number of ether oxygens (including phenoxy) is 2. The lowest BCUT2D eigenvalue weighted by molar-refractivity contribution is -0.148. The van der Waals surface area contributed by atoms with Gasteiger partial charge in [-0.15, -0.1) is 0 Å². The number of aliphatic carboxylic acids is 1. The molecule has 1 saturated carbocycles. The number of nitrogens with one attached hydrogen (secondary N) is 1. The van der Waals surface area contributed by atoms with Crippen LogP contribution in [0.5, 0.6) is 5.75 Å². The number of alkyl carbamates (subject to hydrolysis) is 1. The highest BCUT2D eigenvalue weighted by atomic mass is 16.5. The average Bonchev–Trinajstić information content (AvgIpc) is 3.13. The monoisotopic (exact) mass is 443 g/mol. The minimum absolute atomic E-state index is 0.0144. The first-order chi connectivity index (χ1) is 16.0. The molecule has 1 amide bonds. The molecule has 6 nitrogen and oxygen atoms in total. The summed E-state index contributed by atoms with van der Waals surface area (Å²) in [5.74, 6) is -0.304. The zero-order chi connectivity index (χ0) is 23.0. The summed E-state index contributed by atoms with van der Waals surface area (Å²) in [4.78, 5) is 24.6. The second kappa shape index (κ2) is 8.28. The Hall–Kier alpha value is -3.80. The molecule has 6 heteroatoms. The van der Waals surface area contributed by atoms with Gasteiger partial charge in [0.25, 0.3) is 0 Å². The third-order valence-electron chi connectivity index (χ3n) is 6.89. The molecule has 0 radical (unpaired) electrons. The van der Waals surface area contributed by atoms with Crippen LogP contribution in [0.15, 0.2) is 72.8 Å². The molecule has 3 aromatic carbocycles. The Morgan fingerprint density at radius 2 is 1.61 bits per heavy atom. The summed E-state index contributed by atoms with van der Waals surface area (Å²) in [6, 6.07) is 23.2. The van der Waals surface area contributed by atoms with Gasteiger partial charge in [0.2, 0.25) is 0 Å². The van der Waals surface area contributed by atoms with Crippen LogP contribution in [-0.4, -0.2) is 36.9 Å². The lowest BCUT2D eigenvalue weighted by atomic mass is 9.61. The Labute approximate surface area is 192 Å². The van der Waals surface area contributed by atoms with Crippen LogP contribution >= 0.6 is 0 Å². The molecule has 0 aliphatic heterocycles. The largest absolute Gasteiger partial charge is 0.497 e. The van der Waals surface area contributed by atoms with Crippen molar-refractivity contribution in [2.75, 3.05) is 13.7 Å². The molecular formula is C27H25NO5. The van der Waals surface area contributed by atoms with Crippen molar-refractivity contribution in [1.29, 1.82) is 0 Å². The van der Waals surface area contributed by atoms with Crippen LogP contribution in [0.3, 0.4) is 0 Å². The summed E-state index contributed by atoms with van der Waals surface area (Å²) < 4.78 is 10.8. The van der Waals surface area contributed by atoms with E-state index in [0.717, 1.165) is 11.1 Å². The van der Waals surface area contributed by atoms with Gasteiger partial charge in [0.1, 0.15) is 12.4 Å². The quantitative estimate of drug-likeness (QED) is 0.576. The van der Waals surface area contributed by atoms with Crippen molar-refractivity contribution in [1.82, 2.24) is 5.32 Å². The normalized spacial score (nSPS) is 20.8. The number of amides is 1. The maximum absolute atomic E-state index is 12.5. The summed E-state index contributed by atoms with van der Waals surface area (Å²) in [7, 11) is 1.55. The second-order valence-electron chi connectivity index (χ2n) is 8.69. The van der Waals surface area contributed by atoms with Crippen LogP contribution in [0.25, 0.3) is 11.1 Å². The van der Waals surface area contributed by atoms with Gasteiger partial charge in [0.05, 0.1) is 12.5 Å². The predicted molar refractivity (Wildman–Crippen MR) is 124 cm³/mol. The summed E-state index contributed by atoms with van der Waals surface area (Å²) >= 11 is 0. The number of carboxylic acid groups (broad SMARTS) is 1. The van der Waals surface area contributed by atoms with Crippen molar-refractivity contribution >= 4 is 12.1 Å². The van der Waals surface area contributed by atoms with Crippen molar-refractivity contribution in [2.24, 2.45) is 0 Å². The van der Waals surface area contributed by atoms with Crippen molar-refractivity contribution < 1.29 is 24.2 Å². The highest BCUT2D eigenvalue weighted by molar-refractivity contribution is 5.84. The molecule has 2 aliphatic rings. The summed E-state index contributed by atoms with van der Waals surface area (Å²) in [5, 5.41) is 12.7. The van der Waals surface area contributed by atoms with Gasteiger partial charge in [0, 0.05) is 12.0 Å². The lowest BCUT2D eigenvalue weighted by Gasteiger charge is -2.44. The number of methoxy groups -OCH3 is 1. The molecule has 0 spiro atoms. The predicted octanol–water partition coefficient (Wildman–Crippen LogP) is 4.72. The van der Waals surface area contributed by atoms with Gasteiger partial charge < -0.3 is 19.9 Å². The lowest BCUT2D eigenvalue weighted by Crippen LogP contribution is -2.57. The minimum Gasteiger partial charge on any atom is -0.497 e. The van der Waals surface area contributed by atoms with Gasteiger partial charge in [-0.3, -0.25) is 4.79 Å². The van der Waals surface area contributed by atoms with Crippen molar-refractivity contribution in [3.63, 3.8) is 0 Å². The topological polar surface area (TPSA) is 84.9 Å². The summed E-state index contributed by atoms with van der Waals surface area (Å²) in [5.41, 5.74) is 4.29. The zero-order valence-electron chi connectivity index (χ0n) is 18.3. The molecule has 5 rings (SSSR count). The Balaban J connectivity index is 1.23.